The van der Waals surface area contributed by atoms with Crippen LogP contribution >= 0.6 is 11.6 Å². The van der Waals surface area contributed by atoms with Crippen molar-refractivity contribution in [3.63, 3.8) is 0 Å². The third-order valence-electron chi connectivity index (χ3n) is 2.95. The van der Waals surface area contributed by atoms with Gasteiger partial charge in [-0.3, -0.25) is 0 Å². The van der Waals surface area contributed by atoms with Crippen LogP contribution in [0, 0.1) is 11.6 Å². The zero-order valence-electron chi connectivity index (χ0n) is 10.4. The lowest BCUT2D eigenvalue weighted by molar-refractivity contribution is -0.140. The number of hydrogen-bond acceptors (Lipinski definition) is 1. The first-order valence-electron chi connectivity index (χ1n) is 5.77. The lowest BCUT2D eigenvalue weighted by atomic mass is 9.97. The highest BCUT2D eigenvalue weighted by atomic mass is 35.5. The summed E-state index contributed by atoms with van der Waals surface area (Å²) in [5, 5.41) is -0.0135. The molecule has 0 aliphatic rings. The van der Waals surface area contributed by atoms with E-state index in [9.17, 15) is 22.0 Å². The number of hydrogen-bond donors (Lipinski definition) is 1. The van der Waals surface area contributed by atoms with Crippen LogP contribution in [-0.2, 0) is 6.18 Å². The van der Waals surface area contributed by atoms with E-state index in [1.54, 1.807) is 0 Å². The zero-order valence-corrected chi connectivity index (χ0v) is 11.1. The Balaban J connectivity index is 2.46. The van der Waals surface area contributed by atoms with Crippen LogP contribution in [0.5, 0.6) is 0 Å². The van der Waals surface area contributed by atoms with Gasteiger partial charge in [-0.25, -0.2) is 8.78 Å². The molecule has 2 aromatic carbocycles. The van der Waals surface area contributed by atoms with Crippen molar-refractivity contribution in [1.82, 2.24) is 0 Å². The van der Waals surface area contributed by atoms with Gasteiger partial charge in [-0.05, 0) is 35.4 Å². The number of nitrogens with two attached hydrogens (primary N) is 1. The highest BCUT2D eigenvalue weighted by molar-refractivity contribution is 6.31. The van der Waals surface area contributed by atoms with Gasteiger partial charge in [0.05, 0.1) is 11.6 Å². The molecule has 7 heteroatoms. The third-order valence-corrected chi connectivity index (χ3v) is 3.28. The largest absolute Gasteiger partial charge is 0.419 e. The minimum atomic E-state index is -4.83. The molecule has 1 unspecified atom stereocenters. The van der Waals surface area contributed by atoms with Gasteiger partial charge in [-0.1, -0.05) is 23.7 Å². The van der Waals surface area contributed by atoms with Crippen LogP contribution in [0.15, 0.2) is 36.4 Å². The molecule has 2 rings (SSSR count). The van der Waals surface area contributed by atoms with Crippen LogP contribution in [0.2, 0.25) is 5.02 Å². The van der Waals surface area contributed by atoms with E-state index in [1.165, 1.54) is 6.07 Å². The fourth-order valence-electron chi connectivity index (χ4n) is 1.89. The summed E-state index contributed by atoms with van der Waals surface area (Å²) in [4.78, 5) is 0. The van der Waals surface area contributed by atoms with Crippen molar-refractivity contribution in [3.05, 3.63) is 69.7 Å². The second-order valence-electron chi connectivity index (χ2n) is 4.38. The van der Waals surface area contributed by atoms with E-state index in [2.05, 4.69) is 0 Å². The van der Waals surface area contributed by atoms with Crippen molar-refractivity contribution in [2.45, 2.75) is 12.2 Å². The molecule has 0 aromatic heterocycles. The van der Waals surface area contributed by atoms with E-state index in [-0.39, 0.29) is 16.1 Å². The molecule has 2 N–H and O–H groups in total. The molecule has 112 valence electrons. The zero-order chi connectivity index (χ0) is 15.8. The second-order valence-corrected chi connectivity index (χ2v) is 4.79. The van der Waals surface area contributed by atoms with E-state index in [0.717, 1.165) is 18.2 Å². The summed E-state index contributed by atoms with van der Waals surface area (Å²) in [6.45, 7) is 0. The Morgan fingerprint density at radius 3 is 2.24 bits per heavy atom. The van der Waals surface area contributed by atoms with E-state index in [0.29, 0.717) is 12.1 Å². The fraction of sp³-hybridized carbons (Fsp3) is 0.143. The first-order chi connectivity index (χ1) is 9.70. The molecule has 0 bridgehead atoms. The number of halogens is 6. The average Bonchev–Trinajstić information content (AvgIpc) is 2.37. The monoisotopic (exact) mass is 321 g/mol. The highest BCUT2D eigenvalue weighted by Gasteiger charge is 2.34. The number of rotatable bonds is 2. The van der Waals surface area contributed by atoms with Gasteiger partial charge in [-0.2, -0.15) is 13.2 Å². The van der Waals surface area contributed by atoms with Crippen molar-refractivity contribution in [2.24, 2.45) is 5.73 Å². The van der Waals surface area contributed by atoms with Crippen LogP contribution in [0.3, 0.4) is 0 Å². The maximum absolute atomic E-state index is 13.2. The topological polar surface area (TPSA) is 26.0 Å². The van der Waals surface area contributed by atoms with E-state index in [4.69, 9.17) is 17.3 Å². The minimum Gasteiger partial charge on any atom is -0.320 e. The van der Waals surface area contributed by atoms with Gasteiger partial charge < -0.3 is 5.73 Å². The summed E-state index contributed by atoms with van der Waals surface area (Å²) >= 11 is 5.82. The predicted octanol–water partition coefficient (Wildman–Crippen LogP) is 4.69. The molecule has 0 fully saturated rings. The molecule has 0 radical (unpaired) electrons. The van der Waals surface area contributed by atoms with Crippen molar-refractivity contribution < 1.29 is 22.0 Å². The Bertz CT molecular complexity index is 669. The maximum Gasteiger partial charge on any atom is 0.419 e. The smallest absolute Gasteiger partial charge is 0.320 e. The summed E-state index contributed by atoms with van der Waals surface area (Å²) in [6.07, 6.45) is -4.83. The molecule has 0 saturated heterocycles. The molecule has 1 atom stereocenters. The lowest BCUT2D eigenvalue weighted by Crippen LogP contribution is -2.15. The summed E-state index contributed by atoms with van der Waals surface area (Å²) in [6, 6.07) is 4.79. The van der Waals surface area contributed by atoms with Crippen molar-refractivity contribution >= 4 is 11.6 Å². The second kappa shape index (κ2) is 5.61. The normalized spacial score (nSPS) is 13.3. The molecule has 2 aromatic rings. The molecule has 1 nitrogen and oxygen atoms in total. The van der Waals surface area contributed by atoms with Gasteiger partial charge in [0.15, 0.2) is 0 Å². The molecule has 0 aliphatic carbocycles. The van der Waals surface area contributed by atoms with Gasteiger partial charge >= 0.3 is 6.18 Å². The van der Waals surface area contributed by atoms with Crippen molar-refractivity contribution in [2.75, 3.05) is 0 Å². The number of alkyl halides is 3. The van der Waals surface area contributed by atoms with Crippen molar-refractivity contribution in [1.29, 1.82) is 0 Å². The Morgan fingerprint density at radius 1 is 1.00 bits per heavy atom. The average molecular weight is 322 g/mol. The highest BCUT2D eigenvalue weighted by Crippen LogP contribution is 2.34. The first kappa shape index (κ1) is 15.7. The van der Waals surface area contributed by atoms with E-state index in [1.807, 2.05) is 0 Å². The molecule has 0 heterocycles. The predicted molar refractivity (Wildman–Crippen MR) is 68.8 cm³/mol. The third kappa shape index (κ3) is 3.33. The summed E-state index contributed by atoms with van der Waals surface area (Å²) in [7, 11) is 0. The molecule has 0 spiro atoms. The quantitative estimate of drug-likeness (QED) is 0.798. The van der Waals surface area contributed by atoms with Gasteiger partial charge in [-0.15, -0.1) is 0 Å². The molecule has 0 amide bonds. The Morgan fingerprint density at radius 2 is 1.67 bits per heavy atom. The molecule has 21 heavy (non-hydrogen) atoms. The molecular weight excluding hydrogens is 313 g/mol. The van der Waals surface area contributed by atoms with Crippen LogP contribution in [0.1, 0.15) is 22.7 Å². The lowest BCUT2D eigenvalue weighted by Gasteiger charge is -2.16. The van der Waals surface area contributed by atoms with Crippen LogP contribution < -0.4 is 5.73 Å². The summed E-state index contributed by atoms with van der Waals surface area (Å²) < 4.78 is 64.2. The summed E-state index contributed by atoms with van der Waals surface area (Å²) in [5.74, 6) is -1.98. The van der Waals surface area contributed by atoms with Gasteiger partial charge in [0.2, 0.25) is 0 Å². The van der Waals surface area contributed by atoms with Gasteiger partial charge in [0, 0.05) is 5.02 Å². The van der Waals surface area contributed by atoms with Crippen molar-refractivity contribution in [3.8, 4) is 0 Å². The SMILES string of the molecule is NC(c1ccc(F)c(C(F)(F)F)c1)c1ccc(F)cc1Cl. The van der Waals surface area contributed by atoms with Gasteiger partial charge in [0.25, 0.3) is 0 Å². The van der Waals surface area contributed by atoms with Crippen LogP contribution in [-0.4, -0.2) is 0 Å². The maximum atomic E-state index is 13.2. The van der Waals surface area contributed by atoms with Crippen LogP contribution in [0.4, 0.5) is 22.0 Å². The molecule has 0 aliphatic heterocycles. The number of benzene rings is 2. The Labute approximate surface area is 122 Å². The standard InChI is InChI=1S/C14H9ClF5N/c15-11-6-8(16)2-3-9(11)13(21)7-1-4-12(17)10(5-7)14(18,19)20/h1-6,13H,21H2. The van der Waals surface area contributed by atoms with E-state index < -0.39 is 29.4 Å². The first-order valence-corrected chi connectivity index (χ1v) is 6.15. The summed E-state index contributed by atoms with van der Waals surface area (Å²) in [5.41, 5.74) is 4.70. The Kier molecular flexibility index (Phi) is 4.20. The minimum absolute atomic E-state index is 0.0135. The molecule has 0 saturated carbocycles. The Hall–Kier alpha value is -1.66. The van der Waals surface area contributed by atoms with Gasteiger partial charge in [0.1, 0.15) is 11.6 Å². The fourth-order valence-corrected chi connectivity index (χ4v) is 2.17. The molecular formula is C14H9ClF5N. The van der Waals surface area contributed by atoms with Crippen LogP contribution in [0.25, 0.3) is 0 Å². The van der Waals surface area contributed by atoms with E-state index >= 15 is 0 Å².